The standard InChI is InChI=1S/C30H26FN9O/c1-40-6-5-17(28(32)41)10-25(40)20-7-18(11-33-12-20)19-9-22-27(38-39-29(22)35-13-19)30-36-24-15-34-14-23(26(24)37-30)16-3-2-4-21(31)8-16/h2-4,7-9,11-15,17,25H,5-6,10H2,1H3,(H2,32,41)(H,36,37)(H,35,38,39). The zero-order valence-electron chi connectivity index (χ0n) is 22.2. The van der Waals surface area contributed by atoms with Crippen molar-refractivity contribution in [2.24, 2.45) is 11.7 Å². The van der Waals surface area contributed by atoms with Gasteiger partial charge in [-0.05, 0) is 61.8 Å². The van der Waals surface area contributed by atoms with Gasteiger partial charge >= 0.3 is 0 Å². The minimum atomic E-state index is -0.324. The first-order valence-corrected chi connectivity index (χ1v) is 13.3. The van der Waals surface area contributed by atoms with Gasteiger partial charge in [-0.2, -0.15) is 5.10 Å². The maximum Gasteiger partial charge on any atom is 0.220 e. The Morgan fingerprint density at radius 3 is 2.76 bits per heavy atom. The van der Waals surface area contributed by atoms with Gasteiger partial charge in [0.05, 0.1) is 22.6 Å². The molecule has 0 aliphatic carbocycles. The molecule has 4 N–H and O–H groups in total. The van der Waals surface area contributed by atoms with Crippen LogP contribution in [0.2, 0.25) is 0 Å². The number of primary amides is 1. The topological polar surface area (TPSA) is 142 Å². The lowest BCUT2D eigenvalue weighted by Crippen LogP contribution is -2.38. The molecule has 0 radical (unpaired) electrons. The highest BCUT2D eigenvalue weighted by atomic mass is 19.1. The van der Waals surface area contributed by atoms with Crippen molar-refractivity contribution in [2.45, 2.75) is 18.9 Å². The van der Waals surface area contributed by atoms with Gasteiger partial charge < -0.3 is 10.7 Å². The fraction of sp³-hybridized carbons (Fsp3) is 0.200. The molecule has 1 fully saturated rings. The number of amides is 1. The maximum absolute atomic E-state index is 13.9. The maximum atomic E-state index is 13.9. The summed E-state index contributed by atoms with van der Waals surface area (Å²) in [5, 5.41) is 8.25. The normalized spacial score (nSPS) is 17.8. The molecular formula is C30H26FN9O. The molecule has 0 spiro atoms. The van der Waals surface area contributed by atoms with Crippen LogP contribution in [0.4, 0.5) is 4.39 Å². The molecule has 1 aliphatic heterocycles. The summed E-state index contributed by atoms with van der Waals surface area (Å²) >= 11 is 0. The number of carbonyl (C=O) groups is 1. The third-order valence-electron chi connectivity index (χ3n) is 7.93. The van der Waals surface area contributed by atoms with Gasteiger partial charge in [-0.3, -0.25) is 24.8 Å². The third kappa shape index (κ3) is 4.49. The van der Waals surface area contributed by atoms with E-state index in [4.69, 9.17) is 10.7 Å². The molecule has 10 nitrogen and oxygen atoms in total. The number of aromatic nitrogens is 7. The van der Waals surface area contributed by atoms with Crippen LogP contribution < -0.4 is 5.73 Å². The van der Waals surface area contributed by atoms with E-state index in [0.29, 0.717) is 34.7 Å². The van der Waals surface area contributed by atoms with Crippen LogP contribution in [0.25, 0.3) is 55.8 Å². The van der Waals surface area contributed by atoms with Gasteiger partial charge in [-0.1, -0.05) is 12.1 Å². The van der Waals surface area contributed by atoms with Crippen molar-refractivity contribution in [3.63, 3.8) is 0 Å². The molecule has 0 saturated carbocycles. The van der Waals surface area contributed by atoms with E-state index in [0.717, 1.165) is 46.1 Å². The number of nitrogens with one attached hydrogen (secondary N) is 2. The predicted molar refractivity (Wildman–Crippen MR) is 153 cm³/mol. The number of hydrogen-bond acceptors (Lipinski definition) is 7. The molecular weight excluding hydrogens is 521 g/mol. The van der Waals surface area contributed by atoms with E-state index in [2.05, 4.69) is 48.1 Å². The zero-order valence-corrected chi connectivity index (χ0v) is 22.2. The molecule has 7 rings (SSSR count). The number of H-pyrrole nitrogens is 2. The molecule has 6 aromatic rings. The monoisotopic (exact) mass is 547 g/mol. The highest BCUT2D eigenvalue weighted by Crippen LogP contribution is 2.36. The third-order valence-corrected chi connectivity index (χ3v) is 7.93. The smallest absolute Gasteiger partial charge is 0.220 e. The number of fused-ring (bicyclic) bond motifs is 2. The molecule has 2 unspecified atom stereocenters. The minimum Gasteiger partial charge on any atom is -0.369 e. The van der Waals surface area contributed by atoms with E-state index in [1.165, 1.54) is 12.1 Å². The van der Waals surface area contributed by atoms with Gasteiger partial charge in [0.1, 0.15) is 11.5 Å². The highest BCUT2D eigenvalue weighted by molar-refractivity contribution is 5.96. The second kappa shape index (κ2) is 9.86. The molecule has 6 heterocycles. The molecule has 1 saturated heterocycles. The van der Waals surface area contributed by atoms with Crippen molar-refractivity contribution in [1.29, 1.82) is 0 Å². The Hall–Kier alpha value is -5.03. The number of rotatable bonds is 5. The van der Waals surface area contributed by atoms with Crippen molar-refractivity contribution < 1.29 is 9.18 Å². The second-order valence-electron chi connectivity index (χ2n) is 10.5. The molecule has 204 valence electrons. The Balaban J connectivity index is 1.27. The van der Waals surface area contributed by atoms with E-state index < -0.39 is 0 Å². The van der Waals surface area contributed by atoms with Gasteiger partial charge in [0.15, 0.2) is 11.5 Å². The SMILES string of the molecule is CN1CCC(C(N)=O)CC1c1cncc(-c2cnc3n[nH]c(-c4nc5c(-c6cccc(F)c6)cncc5[nH]4)c3c2)c1. The number of halogens is 1. The second-order valence-corrected chi connectivity index (χ2v) is 10.5. The first kappa shape index (κ1) is 25.0. The van der Waals surface area contributed by atoms with Gasteiger partial charge in [-0.25, -0.2) is 14.4 Å². The van der Waals surface area contributed by atoms with Crippen molar-refractivity contribution in [2.75, 3.05) is 13.6 Å². The fourth-order valence-electron chi connectivity index (χ4n) is 5.69. The first-order chi connectivity index (χ1) is 19.9. The van der Waals surface area contributed by atoms with E-state index in [1.807, 2.05) is 18.3 Å². The molecule has 5 aromatic heterocycles. The summed E-state index contributed by atoms with van der Waals surface area (Å²) < 4.78 is 13.9. The largest absolute Gasteiger partial charge is 0.369 e. The molecule has 41 heavy (non-hydrogen) atoms. The van der Waals surface area contributed by atoms with Crippen LogP contribution in [0.15, 0.2) is 67.4 Å². The number of nitrogens with zero attached hydrogens (tertiary/aromatic N) is 6. The number of aromatic amines is 2. The number of benzene rings is 1. The van der Waals surface area contributed by atoms with Crippen LogP contribution in [0, 0.1) is 11.7 Å². The number of likely N-dealkylation sites (tertiary alicyclic amines) is 1. The van der Waals surface area contributed by atoms with Crippen molar-refractivity contribution in [1.82, 2.24) is 40.0 Å². The van der Waals surface area contributed by atoms with Gasteiger partial charge in [0, 0.05) is 53.4 Å². The zero-order chi connectivity index (χ0) is 28.1. The van der Waals surface area contributed by atoms with E-state index in [1.54, 1.807) is 30.9 Å². The molecule has 1 aliphatic rings. The minimum absolute atomic E-state index is 0.0475. The molecule has 1 aromatic carbocycles. The number of carbonyl (C=O) groups excluding carboxylic acids is 1. The lowest BCUT2D eigenvalue weighted by molar-refractivity contribution is -0.123. The molecule has 11 heteroatoms. The van der Waals surface area contributed by atoms with Crippen molar-refractivity contribution >= 4 is 28.0 Å². The predicted octanol–water partition coefficient (Wildman–Crippen LogP) is 4.63. The van der Waals surface area contributed by atoms with Crippen molar-refractivity contribution in [3.05, 3.63) is 78.8 Å². The van der Waals surface area contributed by atoms with Gasteiger partial charge in [0.25, 0.3) is 0 Å². The summed E-state index contributed by atoms with van der Waals surface area (Å²) in [5.74, 6) is -0.152. The number of piperidine rings is 1. The summed E-state index contributed by atoms with van der Waals surface area (Å²) in [6, 6.07) is 10.5. The van der Waals surface area contributed by atoms with Crippen LogP contribution in [0.1, 0.15) is 24.4 Å². The van der Waals surface area contributed by atoms with E-state index in [-0.39, 0.29) is 23.7 Å². The Kier molecular flexibility index (Phi) is 6.01. The molecule has 1 amide bonds. The summed E-state index contributed by atoms with van der Waals surface area (Å²) in [4.78, 5) is 35.7. The van der Waals surface area contributed by atoms with Crippen molar-refractivity contribution in [3.8, 4) is 33.8 Å². The Morgan fingerprint density at radius 1 is 1.05 bits per heavy atom. The molecule has 2 atom stereocenters. The van der Waals surface area contributed by atoms with Crippen LogP contribution in [0.5, 0.6) is 0 Å². The Morgan fingerprint density at radius 2 is 1.90 bits per heavy atom. The summed E-state index contributed by atoms with van der Waals surface area (Å²) in [6.45, 7) is 0.794. The van der Waals surface area contributed by atoms with Crippen LogP contribution in [-0.4, -0.2) is 59.5 Å². The lowest BCUT2D eigenvalue weighted by Gasteiger charge is -2.36. The van der Waals surface area contributed by atoms with E-state index in [9.17, 15) is 9.18 Å². The number of nitrogens with two attached hydrogens (primary N) is 1. The Bertz CT molecular complexity index is 1930. The molecule has 0 bridgehead atoms. The average Bonchev–Trinajstić information content (AvgIpc) is 3.61. The number of imidazole rings is 1. The highest BCUT2D eigenvalue weighted by Gasteiger charge is 2.30. The van der Waals surface area contributed by atoms with Gasteiger partial charge in [-0.15, -0.1) is 0 Å². The van der Waals surface area contributed by atoms with Crippen LogP contribution in [0.3, 0.4) is 0 Å². The summed E-state index contributed by atoms with van der Waals surface area (Å²) in [5.41, 5.74) is 12.5. The van der Waals surface area contributed by atoms with Crippen LogP contribution in [-0.2, 0) is 4.79 Å². The summed E-state index contributed by atoms with van der Waals surface area (Å²) in [6.07, 6.45) is 10.2. The lowest BCUT2D eigenvalue weighted by atomic mass is 9.87. The number of hydrogen-bond donors (Lipinski definition) is 3. The van der Waals surface area contributed by atoms with E-state index >= 15 is 0 Å². The van der Waals surface area contributed by atoms with Crippen LogP contribution >= 0.6 is 0 Å². The Labute approximate surface area is 233 Å². The quantitative estimate of drug-likeness (QED) is 0.286. The summed E-state index contributed by atoms with van der Waals surface area (Å²) in [7, 11) is 2.06. The average molecular weight is 548 g/mol. The first-order valence-electron chi connectivity index (χ1n) is 13.3. The fourth-order valence-corrected chi connectivity index (χ4v) is 5.69. The number of pyridine rings is 3. The van der Waals surface area contributed by atoms with Gasteiger partial charge in [0.2, 0.25) is 5.91 Å².